The molecule has 2 heterocycles. The highest BCUT2D eigenvalue weighted by Crippen LogP contribution is 2.37. The first-order valence-corrected chi connectivity index (χ1v) is 11.1. The van der Waals surface area contributed by atoms with Gasteiger partial charge in [-0.2, -0.15) is 5.26 Å². The number of piperidine rings is 1. The number of amides is 1. The smallest absolute Gasteiger partial charge is 0.270 e. The molecule has 0 aliphatic carbocycles. The fourth-order valence-electron chi connectivity index (χ4n) is 4.43. The van der Waals surface area contributed by atoms with Crippen LogP contribution in [0.3, 0.4) is 0 Å². The number of nitriles is 1. The molecule has 4 rings (SSSR count). The summed E-state index contributed by atoms with van der Waals surface area (Å²) in [5.41, 5.74) is 10.4. The maximum atomic E-state index is 14.5. The van der Waals surface area contributed by atoms with Crippen LogP contribution in [0.4, 0.5) is 4.39 Å². The molecule has 0 bridgehead atoms. The molecule has 3 aromatic rings. The number of aliphatic hydroxyl groups excluding tert-OH is 1. The van der Waals surface area contributed by atoms with Crippen molar-refractivity contribution in [3.63, 3.8) is 0 Å². The minimum absolute atomic E-state index is 0.0379. The van der Waals surface area contributed by atoms with E-state index >= 15 is 0 Å². The van der Waals surface area contributed by atoms with Gasteiger partial charge >= 0.3 is 0 Å². The molecule has 1 fully saturated rings. The summed E-state index contributed by atoms with van der Waals surface area (Å²) in [6, 6.07) is 15.8. The van der Waals surface area contributed by atoms with E-state index in [1.54, 1.807) is 21.6 Å². The number of aromatic nitrogens is 1. The second-order valence-corrected chi connectivity index (χ2v) is 8.49. The molecule has 1 saturated heterocycles. The van der Waals surface area contributed by atoms with Crippen LogP contribution >= 0.6 is 0 Å². The molecule has 7 heteroatoms. The first-order chi connectivity index (χ1) is 15.9. The van der Waals surface area contributed by atoms with Crippen LogP contribution in [0.25, 0.3) is 22.4 Å². The maximum absolute atomic E-state index is 14.5. The van der Waals surface area contributed by atoms with Gasteiger partial charge in [0.1, 0.15) is 17.6 Å². The fraction of sp³-hybridized carbons (Fsp3) is 0.308. The molecule has 1 aliphatic rings. The number of nitrogens with zero attached hydrogens (tertiary/aromatic N) is 3. The number of hydrogen-bond donors (Lipinski definition) is 2. The van der Waals surface area contributed by atoms with Gasteiger partial charge in [-0.05, 0) is 49.1 Å². The van der Waals surface area contributed by atoms with Crippen LogP contribution in [0.2, 0.25) is 0 Å². The van der Waals surface area contributed by atoms with Crippen molar-refractivity contribution in [3.8, 4) is 28.5 Å². The molecule has 1 amide bonds. The third kappa shape index (κ3) is 4.54. The lowest BCUT2D eigenvalue weighted by Crippen LogP contribution is -2.46. The number of hydrogen-bond acceptors (Lipinski definition) is 4. The standard InChI is InChI=1S/C26H27FN4O2/c1-17-4-6-18(7-5-17)25-22(19-8-9-20(15-28)23(27)13-19)14-24(31(25)11-12-32)26(33)30-10-2-3-21(29)16-30/h4-9,13-14,21,32H,2-3,10-12,16,29H2,1H3. The van der Waals surface area contributed by atoms with Gasteiger partial charge in [0.25, 0.3) is 5.91 Å². The van der Waals surface area contributed by atoms with E-state index in [1.165, 1.54) is 12.1 Å². The molecular formula is C26H27FN4O2. The van der Waals surface area contributed by atoms with Crippen molar-refractivity contribution in [2.75, 3.05) is 19.7 Å². The number of aryl methyl sites for hydroxylation is 1. The Bertz CT molecular complexity index is 1210. The Morgan fingerprint density at radius 1 is 1.21 bits per heavy atom. The Hall–Kier alpha value is -3.47. The number of benzene rings is 2. The van der Waals surface area contributed by atoms with E-state index in [9.17, 15) is 14.3 Å². The summed E-state index contributed by atoms with van der Waals surface area (Å²) < 4.78 is 16.3. The normalized spacial score (nSPS) is 16.0. The first kappa shape index (κ1) is 22.7. The number of likely N-dealkylation sites (tertiary alicyclic amines) is 1. The van der Waals surface area contributed by atoms with E-state index in [0.29, 0.717) is 29.9 Å². The summed E-state index contributed by atoms with van der Waals surface area (Å²) in [7, 11) is 0. The maximum Gasteiger partial charge on any atom is 0.270 e. The van der Waals surface area contributed by atoms with Crippen LogP contribution in [-0.2, 0) is 6.54 Å². The molecule has 1 aromatic heterocycles. The lowest BCUT2D eigenvalue weighted by atomic mass is 9.99. The summed E-state index contributed by atoms with van der Waals surface area (Å²) in [6.45, 7) is 3.14. The van der Waals surface area contributed by atoms with E-state index in [-0.39, 0.29) is 30.7 Å². The Morgan fingerprint density at radius 2 is 1.94 bits per heavy atom. The van der Waals surface area contributed by atoms with Crippen LogP contribution < -0.4 is 5.73 Å². The molecule has 1 atom stereocenters. The number of rotatable bonds is 5. The quantitative estimate of drug-likeness (QED) is 0.625. The highest BCUT2D eigenvalue weighted by molar-refractivity contribution is 5.98. The van der Waals surface area contributed by atoms with Gasteiger partial charge in [-0.25, -0.2) is 4.39 Å². The van der Waals surface area contributed by atoms with Gasteiger partial charge in [0, 0.05) is 31.2 Å². The number of aliphatic hydroxyl groups is 1. The number of halogens is 1. The Morgan fingerprint density at radius 3 is 2.58 bits per heavy atom. The summed E-state index contributed by atoms with van der Waals surface area (Å²) >= 11 is 0. The van der Waals surface area contributed by atoms with Crippen LogP contribution in [-0.4, -0.2) is 46.2 Å². The van der Waals surface area contributed by atoms with Crippen molar-refractivity contribution in [1.82, 2.24) is 9.47 Å². The molecule has 2 aromatic carbocycles. The van der Waals surface area contributed by atoms with Crippen LogP contribution in [0.1, 0.15) is 34.5 Å². The topological polar surface area (TPSA) is 95.3 Å². The molecule has 3 N–H and O–H groups in total. The van der Waals surface area contributed by atoms with Gasteiger partial charge in [0.05, 0.1) is 17.9 Å². The summed E-state index contributed by atoms with van der Waals surface area (Å²) in [4.78, 5) is 15.3. The van der Waals surface area contributed by atoms with Gasteiger partial charge < -0.3 is 20.3 Å². The average Bonchev–Trinajstić information content (AvgIpc) is 3.18. The second kappa shape index (κ2) is 9.57. The van der Waals surface area contributed by atoms with E-state index in [4.69, 9.17) is 11.0 Å². The second-order valence-electron chi connectivity index (χ2n) is 8.49. The van der Waals surface area contributed by atoms with Crippen molar-refractivity contribution in [2.45, 2.75) is 32.4 Å². The van der Waals surface area contributed by atoms with Crippen molar-refractivity contribution in [3.05, 3.63) is 71.2 Å². The van der Waals surface area contributed by atoms with E-state index in [2.05, 4.69) is 0 Å². The van der Waals surface area contributed by atoms with Crippen molar-refractivity contribution >= 4 is 5.91 Å². The summed E-state index contributed by atoms with van der Waals surface area (Å²) in [6.07, 6.45) is 1.72. The number of carbonyl (C=O) groups is 1. The Labute approximate surface area is 192 Å². The van der Waals surface area contributed by atoms with E-state index in [1.807, 2.05) is 37.3 Å². The molecule has 0 radical (unpaired) electrons. The van der Waals surface area contributed by atoms with Crippen LogP contribution in [0.5, 0.6) is 0 Å². The first-order valence-electron chi connectivity index (χ1n) is 11.1. The van der Waals surface area contributed by atoms with Crippen molar-refractivity contribution < 1.29 is 14.3 Å². The molecule has 1 aliphatic heterocycles. The highest BCUT2D eigenvalue weighted by atomic mass is 19.1. The number of nitrogens with two attached hydrogens (primary N) is 1. The molecule has 33 heavy (non-hydrogen) atoms. The molecule has 170 valence electrons. The zero-order chi connectivity index (χ0) is 23.5. The highest BCUT2D eigenvalue weighted by Gasteiger charge is 2.28. The molecule has 0 saturated carbocycles. The fourth-order valence-corrected chi connectivity index (χ4v) is 4.43. The van der Waals surface area contributed by atoms with Gasteiger partial charge in [0.15, 0.2) is 0 Å². The lowest BCUT2D eigenvalue weighted by molar-refractivity contribution is 0.0697. The van der Waals surface area contributed by atoms with Crippen LogP contribution in [0.15, 0.2) is 48.5 Å². The minimum atomic E-state index is -0.616. The average molecular weight is 447 g/mol. The molecule has 6 nitrogen and oxygen atoms in total. The van der Waals surface area contributed by atoms with Crippen LogP contribution in [0, 0.1) is 24.1 Å². The summed E-state index contributed by atoms with van der Waals surface area (Å²) in [5.74, 6) is -0.776. The Kier molecular flexibility index (Phi) is 6.59. The monoisotopic (exact) mass is 446 g/mol. The predicted octanol–water partition coefficient (Wildman–Crippen LogP) is 3.70. The number of carbonyl (C=O) groups excluding carboxylic acids is 1. The summed E-state index contributed by atoms with van der Waals surface area (Å²) in [5, 5.41) is 18.9. The van der Waals surface area contributed by atoms with Gasteiger partial charge in [-0.1, -0.05) is 35.9 Å². The van der Waals surface area contributed by atoms with E-state index in [0.717, 1.165) is 29.7 Å². The van der Waals surface area contributed by atoms with Gasteiger partial charge in [0.2, 0.25) is 0 Å². The molecule has 1 unspecified atom stereocenters. The largest absolute Gasteiger partial charge is 0.395 e. The predicted molar refractivity (Wildman–Crippen MR) is 125 cm³/mol. The molecule has 0 spiro atoms. The van der Waals surface area contributed by atoms with Crippen molar-refractivity contribution in [1.29, 1.82) is 5.26 Å². The molecular weight excluding hydrogens is 419 g/mol. The zero-order valence-corrected chi connectivity index (χ0v) is 18.6. The SMILES string of the molecule is Cc1ccc(-c2c(-c3ccc(C#N)c(F)c3)cc(C(=O)N3CCCC(N)C3)n2CCO)cc1. The Balaban J connectivity index is 1.91. The lowest BCUT2D eigenvalue weighted by Gasteiger charge is -2.31. The minimum Gasteiger partial charge on any atom is -0.395 e. The van der Waals surface area contributed by atoms with Crippen molar-refractivity contribution in [2.24, 2.45) is 5.73 Å². The van der Waals surface area contributed by atoms with Gasteiger partial charge in [-0.3, -0.25) is 4.79 Å². The third-order valence-electron chi connectivity index (χ3n) is 6.11. The van der Waals surface area contributed by atoms with Gasteiger partial charge in [-0.15, -0.1) is 0 Å². The third-order valence-corrected chi connectivity index (χ3v) is 6.11. The zero-order valence-electron chi connectivity index (χ0n) is 18.6. The van der Waals surface area contributed by atoms with E-state index < -0.39 is 5.82 Å².